The highest BCUT2D eigenvalue weighted by Gasteiger charge is 2.14. The molecule has 2 rings (SSSR count). The van der Waals surface area contributed by atoms with E-state index in [1.807, 2.05) is 25.1 Å². The fraction of sp³-hybridized carbons (Fsp3) is 0.267. The van der Waals surface area contributed by atoms with E-state index in [9.17, 15) is 0 Å². The first-order chi connectivity index (χ1) is 11.5. The third kappa shape index (κ3) is 4.67. The van der Waals surface area contributed by atoms with E-state index in [0.717, 1.165) is 5.69 Å². The molecule has 0 amide bonds. The summed E-state index contributed by atoms with van der Waals surface area (Å²) in [5.74, 6) is 0. The standard InChI is InChI=1S/C15H17Cl2N5OS/c1-10-11(9-19-20-15(24)18-7-8-23-2)14(17)22(21-10)13-6-4-3-5-12(13)16/h3-6,9H,7-8H2,1-2H3,(H2,18,20,24)/b19-9+. The molecule has 0 saturated heterocycles. The van der Waals surface area contributed by atoms with E-state index >= 15 is 0 Å². The van der Waals surface area contributed by atoms with Crippen molar-refractivity contribution in [1.82, 2.24) is 20.5 Å². The van der Waals surface area contributed by atoms with E-state index < -0.39 is 0 Å². The number of rotatable bonds is 6. The number of nitrogens with one attached hydrogen (secondary N) is 2. The highest BCUT2D eigenvalue weighted by atomic mass is 35.5. The number of benzene rings is 1. The molecule has 0 atom stereocenters. The van der Waals surface area contributed by atoms with Gasteiger partial charge in [0, 0.05) is 13.7 Å². The lowest BCUT2D eigenvalue weighted by Gasteiger charge is -2.06. The molecule has 9 heteroatoms. The van der Waals surface area contributed by atoms with Gasteiger partial charge in [0.15, 0.2) is 5.11 Å². The van der Waals surface area contributed by atoms with Gasteiger partial charge in [-0.25, -0.2) is 4.68 Å². The quantitative estimate of drug-likeness (QED) is 0.346. The summed E-state index contributed by atoms with van der Waals surface area (Å²) in [7, 11) is 1.62. The first kappa shape index (κ1) is 18.7. The molecule has 0 aliphatic rings. The second-order valence-electron chi connectivity index (χ2n) is 4.77. The summed E-state index contributed by atoms with van der Waals surface area (Å²) in [6.45, 7) is 3.00. The average molecular weight is 386 g/mol. The third-order valence-electron chi connectivity index (χ3n) is 3.08. The molecule has 0 spiro atoms. The third-order valence-corrected chi connectivity index (χ3v) is 4.00. The van der Waals surface area contributed by atoms with Crippen LogP contribution in [0.15, 0.2) is 29.4 Å². The van der Waals surface area contributed by atoms with Gasteiger partial charge in [-0.1, -0.05) is 35.3 Å². The van der Waals surface area contributed by atoms with Gasteiger partial charge >= 0.3 is 0 Å². The van der Waals surface area contributed by atoms with Crippen LogP contribution < -0.4 is 10.7 Å². The van der Waals surface area contributed by atoms with Crippen LogP contribution in [0, 0.1) is 6.92 Å². The summed E-state index contributed by atoms with van der Waals surface area (Å²) >= 11 is 17.7. The Morgan fingerprint density at radius 3 is 2.88 bits per heavy atom. The number of nitrogens with zero attached hydrogens (tertiary/aromatic N) is 3. The maximum absolute atomic E-state index is 6.41. The second-order valence-corrected chi connectivity index (χ2v) is 5.95. The Balaban J connectivity index is 2.11. The second kappa shape index (κ2) is 8.98. The highest BCUT2D eigenvalue weighted by Crippen LogP contribution is 2.26. The maximum Gasteiger partial charge on any atom is 0.187 e. The largest absolute Gasteiger partial charge is 0.383 e. The van der Waals surface area contributed by atoms with Gasteiger partial charge in [0.1, 0.15) is 5.15 Å². The lowest BCUT2D eigenvalue weighted by atomic mass is 10.3. The van der Waals surface area contributed by atoms with Gasteiger partial charge in [-0.15, -0.1) is 0 Å². The number of ether oxygens (including phenoxy) is 1. The van der Waals surface area contributed by atoms with Gasteiger partial charge in [0.05, 0.1) is 34.8 Å². The number of halogens is 2. The minimum absolute atomic E-state index is 0.399. The molecule has 24 heavy (non-hydrogen) atoms. The summed E-state index contributed by atoms with van der Waals surface area (Å²) in [4.78, 5) is 0. The minimum Gasteiger partial charge on any atom is -0.383 e. The Hall–Kier alpha value is -1.67. The van der Waals surface area contributed by atoms with Gasteiger partial charge in [0.25, 0.3) is 0 Å². The molecule has 6 nitrogen and oxygen atoms in total. The van der Waals surface area contributed by atoms with Crippen LogP contribution in [0.5, 0.6) is 0 Å². The van der Waals surface area contributed by atoms with Crippen LogP contribution in [0.1, 0.15) is 11.3 Å². The Labute approximate surface area is 155 Å². The Bertz CT molecular complexity index is 747. The number of hydrogen-bond acceptors (Lipinski definition) is 4. The molecule has 1 aromatic heterocycles. The molecule has 0 unspecified atom stereocenters. The number of aromatic nitrogens is 2. The number of thiocarbonyl (C=S) groups is 1. The van der Waals surface area contributed by atoms with Gasteiger partial charge in [-0.3, -0.25) is 5.43 Å². The fourth-order valence-corrected chi connectivity index (χ4v) is 2.59. The van der Waals surface area contributed by atoms with Crippen LogP contribution in [-0.2, 0) is 4.74 Å². The Morgan fingerprint density at radius 1 is 1.42 bits per heavy atom. The predicted molar refractivity (Wildman–Crippen MR) is 102 cm³/mol. The van der Waals surface area contributed by atoms with Crippen molar-refractivity contribution in [3.63, 3.8) is 0 Å². The van der Waals surface area contributed by atoms with Crippen molar-refractivity contribution in [2.75, 3.05) is 20.3 Å². The van der Waals surface area contributed by atoms with Gasteiger partial charge in [0.2, 0.25) is 0 Å². The predicted octanol–water partition coefficient (Wildman–Crippen LogP) is 2.93. The molecule has 0 aliphatic heterocycles. The van der Waals surface area contributed by atoms with Crippen molar-refractivity contribution < 1.29 is 4.74 Å². The summed E-state index contributed by atoms with van der Waals surface area (Å²) in [6, 6.07) is 7.34. The topological polar surface area (TPSA) is 63.5 Å². The molecule has 0 aliphatic carbocycles. The van der Waals surface area contributed by atoms with Crippen LogP contribution in [0.25, 0.3) is 5.69 Å². The first-order valence-electron chi connectivity index (χ1n) is 7.10. The lowest BCUT2D eigenvalue weighted by Crippen LogP contribution is -2.34. The average Bonchev–Trinajstić information content (AvgIpc) is 2.83. The molecule has 0 fully saturated rings. The zero-order chi connectivity index (χ0) is 17.5. The van der Waals surface area contributed by atoms with E-state index in [2.05, 4.69) is 20.9 Å². The van der Waals surface area contributed by atoms with Crippen LogP contribution in [-0.4, -0.2) is 41.4 Å². The van der Waals surface area contributed by atoms with Crippen molar-refractivity contribution in [2.45, 2.75) is 6.92 Å². The van der Waals surface area contributed by atoms with Gasteiger partial charge in [-0.2, -0.15) is 10.2 Å². The van der Waals surface area contributed by atoms with E-state index in [1.54, 1.807) is 24.1 Å². The van der Waals surface area contributed by atoms with Crippen LogP contribution in [0.4, 0.5) is 0 Å². The van der Waals surface area contributed by atoms with Crippen LogP contribution >= 0.6 is 35.4 Å². The number of hydrazone groups is 1. The Kier molecular flexibility index (Phi) is 6.99. The zero-order valence-corrected chi connectivity index (χ0v) is 15.5. The summed E-state index contributed by atoms with van der Waals surface area (Å²) < 4.78 is 6.50. The summed E-state index contributed by atoms with van der Waals surface area (Å²) in [5, 5.41) is 12.8. The molecular weight excluding hydrogens is 369 g/mol. The number of aryl methyl sites for hydroxylation is 1. The first-order valence-corrected chi connectivity index (χ1v) is 8.27. The maximum atomic E-state index is 6.41. The molecular formula is C15H17Cl2N5OS. The van der Waals surface area contributed by atoms with Crippen molar-refractivity contribution in [1.29, 1.82) is 0 Å². The van der Waals surface area contributed by atoms with E-state index in [1.165, 1.54) is 0 Å². The van der Waals surface area contributed by atoms with Crippen molar-refractivity contribution >= 4 is 46.7 Å². The monoisotopic (exact) mass is 385 g/mol. The van der Waals surface area contributed by atoms with E-state index in [-0.39, 0.29) is 0 Å². The molecule has 2 aromatic rings. The van der Waals surface area contributed by atoms with Gasteiger partial charge < -0.3 is 10.1 Å². The smallest absolute Gasteiger partial charge is 0.187 e. The zero-order valence-electron chi connectivity index (χ0n) is 13.2. The minimum atomic E-state index is 0.399. The fourth-order valence-electron chi connectivity index (χ4n) is 1.90. The normalized spacial score (nSPS) is 11.0. The Morgan fingerprint density at radius 2 is 2.17 bits per heavy atom. The SMILES string of the molecule is COCCNC(=S)N/N=C/c1c(C)nn(-c2ccccc2Cl)c1Cl. The molecule has 0 radical (unpaired) electrons. The number of hydrogen-bond donors (Lipinski definition) is 2. The van der Waals surface area contributed by atoms with Crippen LogP contribution in [0.2, 0.25) is 10.2 Å². The van der Waals surface area contributed by atoms with Crippen molar-refractivity contribution in [3.8, 4) is 5.69 Å². The number of methoxy groups -OCH3 is 1. The van der Waals surface area contributed by atoms with E-state index in [4.69, 9.17) is 40.2 Å². The number of para-hydroxylation sites is 1. The van der Waals surface area contributed by atoms with Crippen molar-refractivity contribution in [2.24, 2.45) is 5.10 Å². The molecule has 0 bridgehead atoms. The highest BCUT2D eigenvalue weighted by molar-refractivity contribution is 7.80. The molecule has 1 heterocycles. The summed E-state index contributed by atoms with van der Waals surface area (Å²) in [5.41, 5.74) is 4.83. The molecule has 128 valence electrons. The molecule has 0 saturated carbocycles. The molecule has 2 N–H and O–H groups in total. The van der Waals surface area contributed by atoms with Crippen LogP contribution in [0.3, 0.4) is 0 Å². The van der Waals surface area contributed by atoms with Gasteiger partial charge in [-0.05, 0) is 31.3 Å². The lowest BCUT2D eigenvalue weighted by molar-refractivity contribution is 0.204. The van der Waals surface area contributed by atoms with Crippen molar-refractivity contribution in [3.05, 3.63) is 45.7 Å². The molecule has 1 aromatic carbocycles. The summed E-state index contributed by atoms with van der Waals surface area (Å²) in [6.07, 6.45) is 1.57. The van der Waals surface area contributed by atoms with E-state index in [0.29, 0.717) is 39.7 Å².